The minimum Gasteiger partial charge on any atom is -0.375 e. The van der Waals surface area contributed by atoms with E-state index in [-0.39, 0.29) is 18.1 Å². The summed E-state index contributed by atoms with van der Waals surface area (Å²) in [5.41, 5.74) is 0.983. The lowest BCUT2D eigenvalue weighted by atomic mass is 10.1. The summed E-state index contributed by atoms with van der Waals surface area (Å²) in [4.78, 5) is 16.7. The van der Waals surface area contributed by atoms with Crippen LogP contribution in [0.2, 0.25) is 0 Å². The molecule has 0 saturated carbocycles. The summed E-state index contributed by atoms with van der Waals surface area (Å²) >= 11 is 0. The van der Waals surface area contributed by atoms with Crippen LogP contribution < -0.4 is 0 Å². The molecule has 0 aromatic heterocycles. The van der Waals surface area contributed by atoms with Gasteiger partial charge in [0.1, 0.15) is 0 Å². The van der Waals surface area contributed by atoms with E-state index < -0.39 is 9.84 Å². The first-order chi connectivity index (χ1) is 11.7. The van der Waals surface area contributed by atoms with Crippen LogP contribution in [0.5, 0.6) is 0 Å². The average molecular weight is 368 g/mol. The topological polar surface area (TPSA) is 66.9 Å². The minimum absolute atomic E-state index is 0.0144. The number of rotatable bonds is 6. The van der Waals surface area contributed by atoms with Crippen molar-refractivity contribution in [1.29, 1.82) is 0 Å². The summed E-state index contributed by atoms with van der Waals surface area (Å²) in [5, 5.41) is 0. The molecule has 1 aliphatic heterocycles. The molecule has 2 atom stereocenters. The van der Waals surface area contributed by atoms with Crippen LogP contribution in [0, 0.1) is 0 Å². The highest BCUT2D eigenvalue weighted by Gasteiger charge is 2.25. The molecule has 0 bridgehead atoms. The van der Waals surface area contributed by atoms with Gasteiger partial charge in [-0.2, -0.15) is 0 Å². The molecule has 1 heterocycles. The minimum atomic E-state index is -3.19. The highest BCUT2D eigenvalue weighted by atomic mass is 32.2. The zero-order valence-corrected chi connectivity index (χ0v) is 16.3. The predicted octanol–water partition coefficient (Wildman–Crippen LogP) is 1.72. The Hall–Kier alpha value is -1.44. The van der Waals surface area contributed by atoms with Crippen molar-refractivity contribution in [2.75, 3.05) is 39.5 Å². The van der Waals surface area contributed by atoms with E-state index >= 15 is 0 Å². The van der Waals surface area contributed by atoms with Crippen molar-refractivity contribution >= 4 is 15.7 Å². The second-order valence-corrected chi connectivity index (χ2v) is 8.69. The van der Waals surface area contributed by atoms with Crippen molar-refractivity contribution in [3.05, 3.63) is 29.8 Å². The Balaban J connectivity index is 1.97. The number of sulfone groups is 1. The smallest absolute Gasteiger partial charge is 0.236 e. The van der Waals surface area contributed by atoms with Gasteiger partial charge in [0.2, 0.25) is 5.91 Å². The van der Waals surface area contributed by atoms with Gasteiger partial charge in [0.05, 0.1) is 24.2 Å². The number of carbonyl (C=O) groups excluding carboxylic acids is 1. The molecule has 1 aromatic rings. The fraction of sp³-hybridized carbons (Fsp3) is 0.611. The third kappa shape index (κ3) is 5.26. The first kappa shape index (κ1) is 19.9. The van der Waals surface area contributed by atoms with Crippen molar-refractivity contribution in [3.8, 4) is 0 Å². The number of ether oxygens (including phenoxy) is 1. The Kier molecular flexibility index (Phi) is 6.59. The number of hydrogen-bond donors (Lipinski definition) is 0. The first-order valence-corrected chi connectivity index (χ1v) is 10.5. The maximum atomic E-state index is 12.5. The molecule has 1 aromatic carbocycles. The monoisotopic (exact) mass is 368 g/mol. The Morgan fingerprint density at radius 2 is 2.00 bits per heavy atom. The van der Waals surface area contributed by atoms with Gasteiger partial charge < -0.3 is 9.64 Å². The van der Waals surface area contributed by atoms with Crippen LogP contribution >= 0.6 is 0 Å². The molecular weight excluding hydrogens is 340 g/mol. The average Bonchev–Trinajstić information content (AvgIpc) is 2.60. The summed E-state index contributed by atoms with van der Waals surface area (Å²) < 4.78 is 28.7. The van der Waals surface area contributed by atoms with Crippen molar-refractivity contribution in [3.63, 3.8) is 0 Å². The van der Waals surface area contributed by atoms with Crippen molar-refractivity contribution in [1.82, 2.24) is 9.80 Å². The number of hydrogen-bond acceptors (Lipinski definition) is 5. The Labute approximate surface area is 150 Å². The van der Waals surface area contributed by atoms with Gasteiger partial charge in [-0.3, -0.25) is 9.69 Å². The quantitative estimate of drug-likeness (QED) is 0.765. The molecule has 1 saturated heterocycles. The van der Waals surface area contributed by atoms with Gasteiger partial charge in [0.15, 0.2) is 9.84 Å². The van der Waals surface area contributed by atoms with Gasteiger partial charge in [-0.25, -0.2) is 8.42 Å². The van der Waals surface area contributed by atoms with E-state index in [0.29, 0.717) is 31.1 Å². The molecule has 0 radical (unpaired) electrons. The number of carbonyl (C=O) groups is 1. The van der Waals surface area contributed by atoms with E-state index in [0.717, 1.165) is 12.0 Å². The maximum absolute atomic E-state index is 12.5. The summed E-state index contributed by atoms with van der Waals surface area (Å²) in [5.74, 6) is 0.101. The van der Waals surface area contributed by atoms with Crippen LogP contribution in [0.1, 0.15) is 31.9 Å². The second kappa shape index (κ2) is 8.29. The molecule has 0 aliphatic carbocycles. The fourth-order valence-electron chi connectivity index (χ4n) is 2.89. The van der Waals surface area contributed by atoms with Crippen LogP contribution in [0.4, 0.5) is 0 Å². The highest BCUT2D eigenvalue weighted by Crippen LogP contribution is 2.21. The zero-order valence-electron chi connectivity index (χ0n) is 15.4. The second-order valence-electron chi connectivity index (χ2n) is 6.67. The SMILES string of the molecule is CCC1CN(C(=O)CN(C)C(C)c2ccc(S(C)(=O)=O)cc2)CCO1. The lowest BCUT2D eigenvalue weighted by Gasteiger charge is -2.34. The van der Waals surface area contributed by atoms with Gasteiger partial charge in [0.25, 0.3) is 0 Å². The number of amides is 1. The van der Waals surface area contributed by atoms with E-state index in [1.807, 2.05) is 35.9 Å². The predicted molar refractivity (Wildman–Crippen MR) is 97.2 cm³/mol. The standard InChI is InChI=1S/C18H28N2O4S/c1-5-16-12-20(10-11-24-16)18(21)13-19(3)14(2)15-6-8-17(9-7-15)25(4,22)23/h6-9,14,16H,5,10-13H2,1-4H3. The van der Waals surface area contributed by atoms with Crippen molar-refractivity contribution < 1.29 is 17.9 Å². The van der Waals surface area contributed by atoms with Crippen LogP contribution in [0.3, 0.4) is 0 Å². The van der Waals surface area contributed by atoms with Gasteiger partial charge in [0, 0.05) is 25.4 Å². The number of nitrogens with zero attached hydrogens (tertiary/aromatic N) is 2. The van der Waals surface area contributed by atoms with Crippen LogP contribution in [0.15, 0.2) is 29.2 Å². The molecule has 25 heavy (non-hydrogen) atoms. The maximum Gasteiger partial charge on any atom is 0.236 e. The summed E-state index contributed by atoms with van der Waals surface area (Å²) in [7, 11) is -1.29. The molecule has 1 aliphatic rings. The Bertz CT molecular complexity index is 688. The molecule has 1 amide bonds. The molecule has 7 heteroatoms. The van der Waals surface area contributed by atoms with Crippen LogP contribution in [-0.4, -0.2) is 69.8 Å². The summed E-state index contributed by atoms with van der Waals surface area (Å²) in [6.07, 6.45) is 2.23. The van der Waals surface area contributed by atoms with Crippen LogP contribution in [-0.2, 0) is 19.4 Å². The molecule has 6 nitrogen and oxygen atoms in total. The molecule has 140 valence electrons. The molecular formula is C18H28N2O4S. The lowest BCUT2D eigenvalue weighted by Crippen LogP contribution is -2.48. The number of morpholine rings is 1. The highest BCUT2D eigenvalue weighted by molar-refractivity contribution is 7.90. The van der Waals surface area contributed by atoms with Crippen molar-refractivity contribution in [2.24, 2.45) is 0 Å². The van der Waals surface area contributed by atoms with E-state index in [1.165, 1.54) is 6.26 Å². The summed E-state index contributed by atoms with van der Waals surface area (Å²) in [6, 6.07) is 6.86. The van der Waals surface area contributed by atoms with Crippen molar-refractivity contribution in [2.45, 2.75) is 37.3 Å². The van der Waals surface area contributed by atoms with E-state index in [2.05, 4.69) is 6.92 Å². The molecule has 2 unspecified atom stereocenters. The number of likely N-dealkylation sites (N-methyl/N-ethyl adjacent to an activating group) is 1. The molecule has 0 N–H and O–H groups in total. The molecule has 0 spiro atoms. The fourth-order valence-corrected chi connectivity index (χ4v) is 3.52. The molecule has 2 rings (SSSR count). The summed E-state index contributed by atoms with van der Waals surface area (Å²) in [6.45, 7) is 6.28. The molecule has 1 fully saturated rings. The normalized spacial score (nSPS) is 19.9. The van der Waals surface area contributed by atoms with Gasteiger partial charge in [-0.15, -0.1) is 0 Å². The Morgan fingerprint density at radius 3 is 2.56 bits per heavy atom. The van der Waals surface area contributed by atoms with E-state index in [4.69, 9.17) is 4.74 Å². The van der Waals surface area contributed by atoms with E-state index in [9.17, 15) is 13.2 Å². The van der Waals surface area contributed by atoms with Crippen LogP contribution in [0.25, 0.3) is 0 Å². The zero-order chi connectivity index (χ0) is 18.6. The largest absolute Gasteiger partial charge is 0.375 e. The number of benzene rings is 1. The van der Waals surface area contributed by atoms with Gasteiger partial charge in [-0.05, 0) is 38.1 Å². The lowest BCUT2D eigenvalue weighted by molar-refractivity contribution is -0.140. The third-order valence-electron chi connectivity index (χ3n) is 4.78. The third-order valence-corrected chi connectivity index (χ3v) is 5.91. The Morgan fingerprint density at radius 1 is 1.36 bits per heavy atom. The van der Waals surface area contributed by atoms with Gasteiger partial charge in [-0.1, -0.05) is 19.1 Å². The van der Waals surface area contributed by atoms with Gasteiger partial charge >= 0.3 is 0 Å². The first-order valence-electron chi connectivity index (χ1n) is 8.62. The van der Waals surface area contributed by atoms with E-state index in [1.54, 1.807) is 12.1 Å².